The Labute approximate surface area is 192 Å². The fourth-order valence-corrected chi connectivity index (χ4v) is 6.02. The zero-order valence-electron chi connectivity index (χ0n) is 18.8. The van der Waals surface area contributed by atoms with Crippen molar-refractivity contribution in [2.24, 2.45) is 5.41 Å². The van der Waals surface area contributed by atoms with Gasteiger partial charge >= 0.3 is 7.60 Å². The molecular weight excluding hydrogens is 493 g/mol. The van der Waals surface area contributed by atoms with E-state index in [0.29, 0.717) is 30.7 Å². The molecule has 2 heterocycles. The van der Waals surface area contributed by atoms with Crippen LogP contribution < -0.4 is 0 Å². The zero-order chi connectivity index (χ0) is 23.2. The number of carbonyl (C=O) groups excluding carboxylic acids is 2. The first-order valence-corrected chi connectivity index (χ1v) is 12.9. The van der Waals surface area contributed by atoms with E-state index in [2.05, 4.69) is 15.9 Å². The Morgan fingerprint density at radius 1 is 1.16 bits per heavy atom. The third-order valence-electron chi connectivity index (χ3n) is 5.80. The van der Waals surface area contributed by atoms with Crippen LogP contribution in [0.2, 0.25) is 0 Å². The molecule has 0 aliphatic carbocycles. The molecule has 2 rings (SSSR count). The van der Waals surface area contributed by atoms with Crippen molar-refractivity contribution >= 4 is 35.1 Å². The molecule has 4 atom stereocenters. The molecule has 2 aliphatic rings. The van der Waals surface area contributed by atoms with Crippen LogP contribution in [0, 0.1) is 5.41 Å². The number of carbonyl (C=O) groups is 2. The van der Waals surface area contributed by atoms with Crippen LogP contribution in [0.3, 0.4) is 0 Å². The summed E-state index contributed by atoms with van der Waals surface area (Å²) in [4.78, 5) is 27.8. The van der Waals surface area contributed by atoms with Crippen LogP contribution in [-0.4, -0.2) is 88.1 Å². The second-order valence-corrected chi connectivity index (χ2v) is 10.7. The van der Waals surface area contributed by atoms with Crippen molar-refractivity contribution in [1.29, 1.82) is 0 Å². The first kappa shape index (κ1) is 26.6. The summed E-state index contributed by atoms with van der Waals surface area (Å²) in [7, 11) is -0.175. The zero-order valence-corrected chi connectivity index (χ0v) is 21.3. The lowest BCUT2D eigenvalue weighted by Gasteiger charge is -2.50. The third kappa shape index (κ3) is 5.85. The second-order valence-electron chi connectivity index (χ2n) is 7.68. The van der Waals surface area contributed by atoms with Crippen molar-refractivity contribution in [3.8, 4) is 0 Å². The van der Waals surface area contributed by atoms with Gasteiger partial charge in [0.2, 0.25) is 5.78 Å². The van der Waals surface area contributed by atoms with Gasteiger partial charge in [-0.3, -0.25) is 14.2 Å². The smallest absolute Gasteiger partial charge is 0.332 e. The first-order valence-electron chi connectivity index (χ1n) is 10.4. The summed E-state index contributed by atoms with van der Waals surface area (Å²) < 4.78 is 40.1. The molecule has 0 aromatic rings. The molecule has 1 saturated heterocycles. The summed E-state index contributed by atoms with van der Waals surface area (Å²) >= 11 is 3.26. The van der Waals surface area contributed by atoms with Gasteiger partial charge in [0.25, 0.3) is 0 Å². The molecule has 178 valence electrons. The molecule has 0 bridgehead atoms. The lowest BCUT2D eigenvalue weighted by molar-refractivity contribution is -0.164. The SMILES string of the molecule is CCOP(=O)(CCOCCC1(C)C(=O)C2C(OC)C(=O)C(Br)=CN2CC1OC)OCC. The van der Waals surface area contributed by atoms with Gasteiger partial charge < -0.3 is 28.2 Å². The number of fused-ring (bicyclic) bond motifs is 1. The predicted octanol–water partition coefficient (Wildman–Crippen LogP) is 2.77. The summed E-state index contributed by atoms with van der Waals surface area (Å²) in [5.74, 6) is -0.380. The third-order valence-corrected chi connectivity index (χ3v) is 8.43. The van der Waals surface area contributed by atoms with Gasteiger partial charge in [-0.2, -0.15) is 0 Å². The minimum atomic E-state index is -3.17. The number of ketones is 2. The highest BCUT2D eigenvalue weighted by molar-refractivity contribution is 9.12. The number of methoxy groups -OCH3 is 2. The van der Waals surface area contributed by atoms with Crippen LogP contribution in [0.4, 0.5) is 0 Å². The molecule has 0 amide bonds. The molecule has 0 saturated carbocycles. The van der Waals surface area contributed by atoms with E-state index in [4.69, 9.17) is 23.3 Å². The molecule has 0 radical (unpaired) electrons. The molecule has 11 heteroatoms. The standard InChI is InChI=1S/C20H33BrNO8P/c1-6-29-31(25,30-7-2)11-10-28-9-8-20(3)15(26-4)13-22-12-14(21)17(23)18(27-5)16(22)19(20)24/h12,15-16,18H,6-11,13H2,1-5H3. The van der Waals surface area contributed by atoms with Crippen LogP contribution in [0.5, 0.6) is 0 Å². The van der Waals surface area contributed by atoms with Crippen LogP contribution in [0.25, 0.3) is 0 Å². The van der Waals surface area contributed by atoms with Crippen LogP contribution >= 0.6 is 23.5 Å². The van der Waals surface area contributed by atoms with E-state index >= 15 is 0 Å². The number of piperidine rings is 1. The van der Waals surface area contributed by atoms with Gasteiger partial charge in [-0.05, 0) is 43.1 Å². The first-order chi connectivity index (χ1) is 14.7. The monoisotopic (exact) mass is 525 g/mol. The number of halogens is 1. The summed E-state index contributed by atoms with van der Waals surface area (Å²) in [5, 5.41) is 0. The van der Waals surface area contributed by atoms with Gasteiger partial charge in [0.1, 0.15) is 12.1 Å². The summed E-state index contributed by atoms with van der Waals surface area (Å²) in [6.07, 6.45) is 0.898. The maximum absolute atomic E-state index is 13.5. The van der Waals surface area contributed by atoms with E-state index < -0.39 is 25.2 Å². The number of rotatable bonds is 12. The molecule has 31 heavy (non-hydrogen) atoms. The predicted molar refractivity (Wildman–Crippen MR) is 118 cm³/mol. The quantitative estimate of drug-likeness (QED) is 0.281. The number of Topliss-reactive ketones (excluding diaryl/α,β-unsaturated/α-hetero) is 2. The van der Waals surface area contributed by atoms with Gasteiger partial charge in [-0.25, -0.2) is 0 Å². The van der Waals surface area contributed by atoms with Gasteiger partial charge in [0, 0.05) is 33.6 Å². The van der Waals surface area contributed by atoms with Crippen LogP contribution in [0.1, 0.15) is 27.2 Å². The molecule has 0 aromatic carbocycles. The lowest BCUT2D eigenvalue weighted by atomic mass is 9.69. The molecule has 0 N–H and O–H groups in total. The van der Waals surface area contributed by atoms with E-state index in [1.807, 2.05) is 6.92 Å². The molecular formula is C20H33BrNO8P. The molecule has 0 aromatic heterocycles. The molecule has 2 aliphatic heterocycles. The highest BCUT2D eigenvalue weighted by Gasteiger charge is 2.55. The van der Waals surface area contributed by atoms with E-state index in [0.717, 1.165) is 0 Å². The van der Waals surface area contributed by atoms with Crippen molar-refractivity contribution < 1.29 is 37.4 Å². The highest BCUT2D eigenvalue weighted by Crippen LogP contribution is 2.47. The average Bonchev–Trinajstić information content (AvgIpc) is 2.72. The van der Waals surface area contributed by atoms with Crippen LogP contribution in [-0.2, 0) is 37.4 Å². The number of hydrogen-bond acceptors (Lipinski definition) is 9. The summed E-state index contributed by atoms with van der Waals surface area (Å²) in [6.45, 7) is 6.82. The summed E-state index contributed by atoms with van der Waals surface area (Å²) in [6, 6.07) is -0.716. The Hall–Kier alpha value is -0.610. The molecule has 4 unspecified atom stereocenters. The van der Waals surface area contributed by atoms with Gasteiger partial charge in [-0.1, -0.05) is 0 Å². The minimum absolute atomic E-state index is 0.125. The van der Waals surface area contributed by atoms with Crippen molar-refractivity contribution in [2.45, 2.75) is 45.4 Å². The highest BCUT2D eigenvalue weighted by atomic mass is 79.9. The lowest BCUT2D eigenvalue weighted by Crippen LogP contribution is -2.66. The number of ether oxygens (including phenoxy) is 3. The molecule has 0 spiro atoms. The average molecular weight is 526 g/mol. The number of hydrogen-bond donors (Lipinski definition) is 0. The maximum Gasteiger partial charge on any atom is 0.332 e. The Kier molecular flexibility index (Phi) is 9.88. The molecule has 1 fully saturated rings. The molecule has 9 nitrogen and oxygen atoms in total. The fourth-order valence-electron chi connectivity index (χ4n) is 4.06. The largest absolute Gasteiger partial charge is 0.381 e. The van der Waals surface area contributed by atoms with Crippen molar-refractivity contribution in [3.05, 3.63) is 10.7 Å². The van der Waals surface area contributed by atoms with E-state index in [1.165, 1.54) is 7.11 Å². The number of nitrogens with zero attached hydrogens (tertiary/aromatic N) is 1. The van der Waals surface area contributed by atoms with Crippen molar-refractivity contribution in [1.82, 2.24) is 4.90 Å². The van der Waals surface area contributed by atoms with Crippen molar-refractivity contribution in [2.75, 3.05) is 53.4 Å². The van der Waals surface area contributed by atoms with E-state index in [-0.39, 0.29) is 37.0 Å². The normalized spacial score (nSPS) is 29.2. The van der Waals surface area contributed by atoms with E-state index in [1.54, 1.807) is 32.1 Å². The topological polar surface area (TPSA) is 101 Å². The van der Waals surface area contributed by atoms with E-state index in [9.17, 15) is 14.2 Å². The Balaban J connectivity index is 2.05. The Bertz CT molecular complexity index is 722. The van der Waals surface area contributed by atoms with Crippen LogP contribution in [0.15, 0.2) is 10.7 Å². The minimum Gasteiger partial charge on any atom is -0.381 e. The fraction of sp³-hybridized carbons (Fsp3) is 0.800. The Morgan fingerprint density at radius 3 is 2.35 bits per heavy atom. The van der Waals surface area contributed by atoms with Gasteiger partial charge in [-0.15, -0.1) is 0 Å². The van der Waals surface area contributed by atoms with Gasteiger partial charge in [0.15, 0.2) is 5.78 Å². The Morgan fingerprint density at radius 2 is 1.81 bits per heavy atom. The summed E-state index contributed by atoms with van der Waals surface area (Å²) in [5.41, 5.74) is -0.867. The maximum atomic E-state index is 13.5. The second kappa shape index (κ2) is 11.5. The van der Waals surface area contributed by atoms with Crippen molar-refractivity contribution in [3.63, 3.8) is 0 Å². The van der Waals surface area contributed by atoms with Gasteiger partial charge in [0.05, 0.1) is 42.0 Å².